The minimum absolute atomic E-state index is 0.236. The molecule has 0 spiro atoms. The summed E-state index contributed by atoms with van der Waals surface area (Å²) in [5, 5.41) is 3.33. The van der Waals surface area contributed by atoms with Crippen molar-refractivity contribution in [1.29, 1.82) is 0 Å². The van der Waals surface area contributed by atoms with Crippen molar-refractivity contribution in [3.05, 3.63) is 41.5 Å². The van der Waals surface area contributed by atoms with Crippen molar-refractivity contribution < 1.29 is 4.39 Å². The zero-order valence-electron chi connectivity index (χ0n) is 12.2. The molecule has 1 aromatic carbocycles. The highest BCUT2D eigenvalue weighted by Crippen LogP contribution is 2.26. The molecule has 3 nitrogen and oxygen atoms in total. The predicted molar refractivity (Wildman–Crippen MR) is 80.3 cm³/mol. The number of hydrogen-bond acceptors (Lipinski definition) is 3. The Bertz CT molecular complexity index is 579. The molecule has 0 saturated carbocycles. The lowest BCUT2D eigenvalue weighted by Crippen LogP contribution is -2.08. The third-order valence-electron chi connectivity index (χ3n) is 3.17. The Kier molecular flexibility index (Phi) is 4.66. The lowest BCUT2D eigenvalue weighted by atomic mass is 10.1. The Morgan fingerprint density at radius 3 is 2.40 bits per heavy atom. The topological polar surface area (TPSA) is 37.8 Å². The van der Waals surface area contributed by atoms with E-state index in [1.165, 1.54) is 12.1 Å². The molecule has 2 aromatic rings. The molecule has 1 heterocycles. The SMILES string of the molecule is CCCNc1nc(CC)nc(-c2ccc(F)cc2)c1C. The van der Waals surface area contributed by atoms with Crippen LogP contribution in [0.3, 0.4) is 0 Å². The molecule has 0 aliphatic heterocycles. The monoisotopic (exact) mass is 273 g/mol. The van der Waals surface area contributed by atoms with Gasteiger partial charge in [-0.1, -0.05) is 13.8 Å². The average Bonchev–Trinajstić information content (AvgIpc) is 2.47. The number of aromatic nitrogens is 2. The van der Waals surface area contributed by atoms with E-state index in [1.54, 1.807) is 12.1 Å². The highest BCUT2D eigenvalue weighted by molar-refractivity contribution is 5.68. The van der Waals surface area contributed by atoms with Gasteiger partial charge in [0.1, 0.15) is 17.5 Å². The van der Waals surface area contributed by atoms with Crippen LogP contribution in [-0.4, -0.2) is 16.5 Å². The number of nitrogens with one attached hydrogen (secondary N) is 1. The second kappa shape index (κ2) is 6.46. The maximum atomic E-state index is 13.0. The van der Waals surface area contributed by atoms with Gasteiger partial charge in [-0.15, -0.1) is 0 Å². The number of aryl methyl sites for hydroxylation is 1. The second-order valence-corrected chi connectivity index (χ2v) is 4.75. The molecule has 2 rings (SSSR count). The van der Waals surface area contributed by atoms with E-state index in [4.69, 9.17) is 0 Å². The summed E-state index contributed by atoms with van der Waals surface area (Å²) in [6.07, 6.45) is 1.81. The molecule has 0 aliphatic carbocycles. The molecule has 0 amide bonds. The fourth-order valence-corrected chi connectivity index (χ4v) is 2.03. The van der Waals surface area contributed by atoms with Gasteiger partial charge in [-0.3, -0.25) is 0 Å². The molecular weight excluding hydrogens is 253 g/mol. The summed E-state index contributed by atoms with van der Waals surface area (Å²) in [5.74, 6) is 1.44. The van der Waals surface area contributed by atoms with Gasteiger partial charge in [0.15, 0.2) is 0 Å². The summed E-state index contributed by atoms with van der Waals surface area (Å²) in [4.78, 5) is 9.12. The second-order valence-electron chi connectivity index (χ2n) is 4.75. The maximum absolute atomic E-state index is 13.0. The summed E-state index contributed by atoms with van der Waals surface area (Å²) in [6, 6.07) is 6.44. The van der Waals surface area contributed by atoms with Crippen LogP contribution in [0.5, 0.6) is 0 Å². The molecule has 0 bridgehead atoms. The van der Waals surface area contributed by atoms with Gasteiger partial charge in [0, 0.05) is 24.1 Å². The molecule has 0 saturated heterocycles. The number of nitrogens with zero attached hydrogens (tertiary/aromatic N) is 2. The van der Waals surface area contributed by atoms with Crippen LogP contribution >= 0.6 is 0 Å². The van der Waals surface area contributed by atoms with E-state index < -0.39 is 0 Å². The van der Waals surface area contributed by atoms with Gasteiger partial charge in [-0.2, -0.15) is 0 Å². The highest BCUT2D eigenvalue weighted by Gasteiger charge is 2.11. The van der Waals surface area contributed by atoms with Crippen LogP contribution in [0.1, 0.15) is 31.7 Å². The number of benzene rings is 1. The standard InChI is InChI=1S/C16H20FN3/c1-4-10-18-16-11(3)15(19-14(5-2)20-16)12-6-8-13(17)9-7-12/h6-9H,4-5,10H2,1-3H3,(H,18,19,20). The molecule has 20 heavy (non-hydrogen) atoms. The fraction of sp³-hybridized carbons (Fsp3) is 0.375. The summed E-state index contributed by atoms with van der Waals surface area (Å²) >= 11 is 0. The Morgan fingerprint density at radius 1 is 1.10 bits per heavy atom. The normalized spacial score (nSPS) is 10.6. The Labute approximate surface area is 119 Å². The molecule has 4 heteroatoms. The largest absolute Gasteiger partial charge is 0.370 e. The van der Waals surface area contributed by atoms with Crippen LogP contribution < -0.4 is 5.32 Å². The first-order valence-electron chi connectivity index (χ1n) is 7.03. The molecular formula is C16H20FN3. The van der Waals surface area contributed by atoms with Gasteiger partial charge in [0.25, 0.3) is 0 Å². The van der Waals surface area contributed by atoms with Crippen LogP contribution in [0.15, 0.2) is 24.3 Å². The molecule has 1 N–H and O–H groups in total. The van der Waals surface area contributed by atoms with Gasteiger partial charge in [-0.25, -0.2) is 14.4 Å². The highest BCUT2D eigenvalue weighted by atomic mass is 19.1. The summed E-state index contributed by atoms with van der Waals surface area (Å²) < 4.78 is 13.0. The first-order valence-corrected chi connectivity index (χ1v) is 7.03. The van der Waals surface area contributed by atoms with Crippen LogP contribution in [0.4, 0.5) is 10.2 Å². The van der Waals surface area contributed by atoms with Crippen LogP contribution in [-0.2, 0) is 6.42 Å². The Morgan fingerprint density at radius 2 is 1.80 bits per heavy atom. The molecule has 1 aromatic heterocycles. The number of rotatable bonds is 5. The van der Waals surface area contributed by atoms with Crippen LogP contribution in [0, 0.1) is 12.7 Å². The van der Waals surface area contributed by atoms with E-state index in [0.717, 1.165) is 47.8 Å². The molecule has 0 unspecified atom stereocenters. The van der Waals surface area contributed by atoms with Gasteiger partial charge in [0.2, 0.25) is 0 Å². The van der Waals surface area contributed by atoms with Crippen LogP contribution in [0.2, 0.25) is 0 Å². The summed E-state index contributed by atoms with van der Waals surface area (Å²) in [7, 11) is 0. The third-order valence-corrected chi connectivity index (χ3v) is 3.17. The van der Waals surface area contributed by atoms with Crippen molar-refractivity contribution in [3.8, 4) is 11.3 Å². The van der Waals surface area contributed by atoms with Crippen molar-refractivity contribution in [2.75, 3.05) is 11.9 Å². The fourth-order valence-electron chi connectivity index (χ4n) is 2.03. The maximum Gasteiger partial charge on any atom is 0.133 e. The van der Waals surface area contributed by atoms with Gasteiger partial charge < -0.3 is 5.32 Å². The Hall–Kier alpha value is -1.97. The first-order chi connectivity index (χ1) is 9.65. The molecule has 0 radical (unpaired) electrons. The van der Waals surface area contributed by atoms with E-state index in [9.17, 15) is 4.39 Å². The minimum atomic E-state index is -0.236. The lowest BCUT2D eigenvalue weighted by Gasteiger charge is -2.13. The van der Waals surface area contributed by atoms with Gasteiger partial charge >= 0.3 is 0 Å². The summed E-state index contributed by atoms with van der Waals surface area (Å²) in [5.41, 5.74) is 2.79. The molecule has 0 atom stereocenters. The van der Waals surface area contributed by atoms with Crippen molar-refractivity contribution in [2.45, 2.75) is 33.6 Å². The first kappa shape index (κ1) is 14.4. The van der Waals surface area contributed by atoms with Crippen molar-refractivity contribution in [2.24, 2.45) is 0 Å². The smallest absolute Gasteiger partial charge is 0.133 e. The predicted octanol–water partition coefficient (Wildman–Crippen LogP) is 3.98. The molecule has 0 fully saturated rings. The molecule has 0 aliphatic rings. The minimum Gasteiger partial charge on any atom is -0.370 e. The average molecular weight is 273 g/mol. The summed E-state index contributed by atoms with van der Waals surface area (Å²) in [6.45, 7) is 7.02. The van der Waals surface area contributed by atoms with Crippen molar-refractivity contribution in [3.63, 3.8) is 0 Å². The van der Waals surface area contributed by atoms with E-state index in [1.807, 2.05) is 13.8 Å². The van der Waals surface area contributed by atoms with E-state index in [0.29, 0.717) is 0 Å². The quantitative estimate of drug-likeness (QED) is 0.895. The third kappa shape index (κ3) is 3.13. The van der Waals surface area contributed by atoms with E-state index >= 15 is 0 Å². The number of anilines is 1. The van der Waals surface area contributed by atoms with Crippen molar-refractivity contribution >= 4 is 5.82 Å². The zero-order chi connectivity index (χ0) is 14.5. The van der Waals surface area contributed by atoms with Crippen LogP contribution in [0.25, 0.3) is 11.3 Å². The number of hydrogen-bond donors (Lipinski definition) is 1. The van der Waals surface area contributed by atoms with E-state index in [2.05, 4.69) is 22.2 Å². The molecule has 106 valence electrons. The van der Waals surface area contributed by atoms with Crippen molar-refractivity contribution in [1.82, 2.24) is 9.97 Å². The Balaban J connectivity index is 2.48. The lowest BCUT2D eigenvalue weighted by molar-refractivity contribution is 0.628. The van der Waals surface area contributed by atoms with Gasteiger partial charge in [0.05, 0.1) is 5.69 Å². The number of halogens is 1. The van der Waals surface area contributed by atoms with E-state index in [-0.39, 0.29) is 5.82 Å². The van der Waals surface area contributed by atoms with Gasteiger partial charge in [-0.05, 0) is 37.6 Å². The zero-order valence-corrected chi connectivity index (χ0v) is 12.2.